The maximum Gasteiger partial charge on any atom is 0.296 e. The summed E-state index contributed by atoms with van der Waals surface area (Å²) in [5, 5.41) is 5.80. The lowest BCUT2D eigenvalue weighted by atomic mass is 10.1. The lowest BCUT2D eigenvalue weighted by Crippen LogP contribution is -2.40. The van der Waals surface area contributed by atoms with E-state index in [1.807, 2.05) is 12.1 Å². The van der Waals surface area contributed by atoms with Gasteiger partial charge in [-0.2, -0.15) is 4.98 Å². The number of ether oxygens (including phenoxy) is 1. The van der Waals surface area contributed by atoms with Gasteiger partial charge in [0.05, 0.1) is 16.2 Å². The Labute approximate surface area is 196 Å². The highest BCUT2D eigenvalue weighted by Crippen LogP contribution is 2.31. The normalized spacial score (nSPS) is 14.3. The summed E-state index contributed by atoms with van der Waals surface area (Å²) < 4.78 is 5.64. The van der Waals surface area contributed by atoms with Gasteiger partial charge in [0.1, 0.15) is 0 Å². The maximum absolute atomic E-state index is 12.2. The summed E-state index contributed by atoms with van der Waals surface area (Å²) in [4.78, 5) is 37.4. The van der Waals surface area contributed by atoms with Gasteiger partial charge in [0, 0.05) is 44.4 Å². The Morgan fingerprint density at radius 2 is 1.85 bits per heavy atom. The predicted molar refractivity (Wildman–Crippen MR) is 128 cm³/mol. The first-order valence-corrected chi connectivity index (χ1v) is 11.4. The van der Waals surface area contributed by atoms with Crippen LogP contribution in [0.3, 0.4) is 0 Å². The van der Waals surface area contributed by atoms with Crippen molar-refractivity contribution in [1.29, 1.82) is 0 Å². The van der Waals surface area contributed by atoms with E-state index in [2.05, 4.69) is 42.6 Å². The molecule has 10 heteroatoms. The molecular formula is C23H27ClN6O3. The molecule has 0 radical (unpaired) electrons. The van der Waals surface area contributed by atoms with Gasteiger partial charge < -0.3 is 25.3 Å². The lowest BCUT2D eigenvalue weighted by molar-refractivity contribution is -0.127. The number of carbonyl (C=O) groups excluding carboxylic acids is 2. The van der Waals surface area contributed by atoms with E-state index in [9.17, 15) is 9.59 Å². The third-order valence-corrected chi connectivity index (χ3v) is 5.76. The van der Waals surface area contributed by atoms with Crippen molar-refractivity contribution in [2.45, 2.75) is 32.8 Å². The van der Waals surface area contributed by atoms with Crippen molar-refractivity contribution in [3.8, 4) is 17.3 Å². The predicted octanol–water partition coefficient (Wildman–Crippen LogP) is 2.90. The highest BCUT2D eigenvalue weighted by molar-refractivity contribution is 6.33. The first-order valence-electron chi connectivity index (χ1n) is 11.0. The van der Waals surface area contributed by atoms with Gasteiger partial charge in [-0.25, -0.2) is 4.98 Å². The number of hydrogen-bond donors (Lipinski definition) is 3. The molecule has 3 aromatic rings. The molecule has 0 bridgehead atoms. The molecule has 0 aliphatic carbocycles. The first kappa shape index (κ1) is 22.8. The molecule has 2 amide bonds. The van der Waals surface area contributed by atoms with E-state index >= 15 is 0 Å². The largest absolute Gasteiger partial charge is 0.452 e. The van der Waals surface area contributed by atoms with Crippen LogP contribution in [-0.4, -0.2) is 59.0 Å². The number of aromatic nitrogens is 3. The summed E-state index contributed by atoms with van der Waals surface area (Å²) in [7, 11) is 0. The fraction of sp³-hybridized carbons (Fsp3) is 0.391. The molecule has 174 valence electrons. The van der Waals surface area contributed by atoms with Gasteiger partial charge in [0.2, 0.25) is 5.91 Å². The van der Waals surface area contributed by atoms with E-state index in [0.29, 0.717) is 35.0 Å². The second-order valence-electron chi connectivity index (χ2n) is 8.01. The van der Waals surface area contributed by atoms with Gasteiger partial charge in [-0.15, -0.1) is 0 Å². The van der Waals surface area contributed by atoms with Crippen molar-refractivity contribution in [3.63, 3.8) is 0 Å². The van der Waals surface area contributed by atoms with Gasteiger partial charge in [-0.3, -0.25) is 9.59 Å². The number of rotatable bonds is 8. The number of fused-ring (bicyclic) bond motifs is 1. The van der Waals surface area contributed by atoms with Crippen molar-refractivity contribution in [2.75, 3.05) is 31.1 Å². The van der Waals surface area contributed by atoms with Crippen LogP contribution in [0.2, 0.25) is 5.02 Å². The van der Waals surface area contributed by atoms with Crippen LogP contribution in [0.5, 0.6) is 6.01 Å². The average Bonchev–Trinajstić information content (AvgIpc) is 3.45. The molecular weight excluding hydrogens is 444 g/mol. The van der Waals surface area contributed by atoms with Gasteiger partial charge in [-0.05, 0) is 38.0 Å². The number of pyridine rings is 1. The zero-order valence-electron chi connectivity index (χ0n) is 18.7. The van der Waals surface area contributed by atoms with Crippen LogP contribution in [0.25, 0.3) is 22.4 Å². The Morgan fingerprint density at radius 3 is 2.55 bits per heavy atom. The fourth-order valence-electron chi connectivity index (χ4n) is 3.75. The summed E-state index contributed by atoms with van der Waals surface area (Å²) in [6, 6.07) is 10.2. The van der Waals surface area contributed by atoms with Crippen LogP contribution < -0.4 is 20.3 Å². The minimum Gasteiger partial charge on any atom is -0.452 e. The van der Waals surface area contributed by atoms with E-state index in [4.69, 9.17) is 16.3 Å². The van der Waals surface area contributed by atoms with E-state index in [-0.39, 0.29) is 17.8 Å². The molecule has 33 heavy (non-hydrogen) atoms. The van der Waals surface area contributed by atoms with Crippen LogP contribution in [0, 0.1) is 0 Å². The van der Waals surface area contributed by atoms with Crippen LogP contribution in [0.15, 0.2) is 30.3 Å². The lowest BCUT2D eigenvalue weighted by Gasteiger charge is -2.17. The Kier molecular flexibility index (Phi) is 6.98. The third kappa shape index (κ3) is 5.54. The van der Waals surface area contributed by atoms with Crippen molar-refractivity contribution in [1.82, 2.24) is 25.6 Å². The molecule has 3 heterocycles. The Balaban J connectivity index is 1.44. The second-order valence-corrected chi connectivity index (χ2v) is 8.41. The number of nitrogens with zero attached hydrogens (tertiary/aromatic N) is 3. The molecule has 4 rings (SSSR count). The average molecular weight is 471 g/mol. The number of carbonyl (C=O) groups is 2. The Hall–Kier alpha value is -3.33. The number of imidazole rings is 1. The van der Waals surface area contributed by atoms with E-state index in [1.54, 1.807) is 13.0 Å². The molecule has 9 nitrogen and oxygen atoms in total. The quantitative estimate of drug-likeness (QED) is 0.436. The van der Waals surface area contributed by atoms with Crippen LogP contribution in [0.4, 0.5) is 5.69 Å². The topological polar surface area (TPSA) is 112 Å². The summed E-state index contributed by atoms with van der Waals surface area (Å²) in [5.74, 6) is -0.463. The number of H-pyrrole nitrogens is 1. The van der Waals surface area contributed by atoms with Crippen molar-refractivity contribution >= 4 is 40.3 Å². The molecule has 1 saturated heterocycles. The molecule has 1 aromatic carbocycles. The van der Waals surface area contributed by atoms with E-state index in [0.717, 1.165) is 18.7 Å². The van der Waals surface area contributed by atoms with Gasteiger partial charge in [0.25, 0.3) is 11.9 Å². The smallest absolute Gasteiger partial charge is 0.296 e. The first-order chi connectivity index (χ1) is 15.9. The molecule has 2 aromatic heterocycles. The molecule has 1 aliphatic rings. The maximum atomic E-state index is 12.2. The zero-order chi connectivity index (χ0) is 23.4. The number of anilines is 1. The monoisotopic (exact) mass is 470 g/mol. The fourth-order valence-corrected chi connectivity index (χ4v) is 4.01. The van der Waals surface area contributed by atoms with Gasteiger partial charge >= 0.3 is 0 Å². The van der Waals surface area contributed by atoms with Crippen molar-refractivity contribution in [3.05, 3.63) is 35.4 Å². The number of benzene rings is 1. The molecule has 0 unspecified atom stereocenters. The molecule has 0 saturated carbocycles. The molecule has 1 atom stereocenters. The van der Waals surface area contributed by atoms with Crippen LogP contribution >= 0.6 is 11.6 Å². The highest BCUT2D eigenvalue weighted by atomic mass is 35.5. The van der Waals surface area contributed by atoms with Gasteiger partial charge in [-0.1, -0.05) is 23.7 Å². The summed E-state index contributed by atoms with van der Waals surface area (Å²) in [6.45, 7) is 5.88. The minimum atomic E-state index is -0.782. The SMILES string of the molecule is CC(=O)NCCNC(=O)[C@H](C)Oc1nc2nc(-c3ccc(N4CCCC4)cc3)c(Cl)cc2[nH]1. The third-order valence-electron chi connectivity index (χ3n) is 5.47. The minimum absolute atomic E-state index is 0.149. The van der Waals surface area contributed by atoms with Crippen molar-refractivity contribution in [2.24, 2.45) is 0 Å². The highest BCUT2D eigenvalue weighted by Gasteiger charge is 2.18. The summed E-state index contributed by atoms with van der Waals surface area (Å²) in [5.41, 5.74) is 3.81. The molecule has 1 aliphatic heterocycles. The molecule has 1 fully saturated rings. The number of hydrogen-bond acceptors (Lipinski definition) is 6. The number of aromatic amines is 1. The Morgan fingerprint density at radius 1 is 1.15 bits per heavy atom. The van der Waals surface area contributed by atoms with E-state index < -0.39 is 6.10 Å². The second kappa shape index (κ2) is 10.1. The summed E-state index contributed by atoms with van der Waals surface area (Å²) >= 11 is 6.51. The standard InChI is InChI=1S/C23H27ClN6O3/c1-14(22(32)26-10-9-25-15(2)31)33-23-27-19-13-18(24)20(28-21(19)29-23)16-5-7-17(8-6-16)30-11-3-4-12-30/h5-8,13-14H,3-4,9-12H2,1-2H3,(H,25,31)(H,26,32)(H,27,28,29)/t14-/m0/s1. The number of nitrogens with one attached hydrogen (secondary N) is 3. The zero-order valence-corrected chi connectivity index (χ0v) is 19.4. The molecule has 3 N–H and O–H groups in total. The van der Waals surface area contributed by atoms with Crippen LogP contribution in [0.1, 0.15) is 26.7 Å². The van der Waals surface area contributed by atoms with Crippen LogP contribution in [-0.2, 0) is 9.59 Å². The number of amides is 2. The Bertz CT molecular complexity index is 1140. The van der Waals surface area contributed by atoms with Gasteiger partial charge in [0.15, 0.2) is 11.8 Å². The number of halogens is 1. The summed E-state index contributed by atoms with van der Waals surface area (Å²) in [6.07, 6.45) is 1.68. The molecule has 0 spiro atoms. The van der Waals surface area contributed by atoms with E-state index in [1.165, 1.54) is 25.5 Å². The van der Waals surface area contributed by atoms with Crippen molar-refractivity contribution < 1.29 is 14.3 Å².